The summed E-state index contributed by atoms with van der Waals surface area (Å²) < 4.78 is 57.1. The van der Waals surface area contributed by atoms with E-state index in [0.29, 0.717) is 16.4 Å². The lowest BCUT2D eigenvalue weighted by Gasteiger charge is -2.34. The Labute approximate surface area is 262 Å². The smallest absolute Gasteiger partial charge is 0.338 e. The molecule has 2 N–H and O–H groups in total. The summed E-state index contributed by atoms with van der Waals surface area (Å²) in [5.41, 5.74) is -0.296. The molecule has 0 saturated carbocycles. The molecule has 11 nitrogen and oxygen atoms in total. The van der Waals surface area contributed by atoms with Gasteiger partial charge in [-0.3, -0.25) is 19.5 Å². The molecule has 5 rings (SSSR count). The number of hydrogen-bond donors (Lipinski definition) is 2. The first-order valence-electron chi connectivity index (χ1n) is 14.5. The molecule has 3 aliphatic heterocycles. The number of alkyl halides is 2. The zero-order chi connectivity index (χ0) is 32.7. The number of fused-ring (bicyclic) bond motifs is 1. The van der Waals surface area contributed by atoms with Gasteiger partial charge in [0, 0.05) is 30.9 Å². The molecule has 0 radical (unpaired) electrons. The number of ether oxygens (including phenoxy) is 2. The number of thiazole rings is 1. The van der Waals surface area contributed by atoms with Crippen LogP contribution in [0.5, 0.6) is 0 Å². The number of nitrogens with zero attached hydrogens (tertiary/aromatic N) is 4. The third-order valence-electron chi connectivity index (χ3n) is 8.61. The van der Waals surface area contributed by atoms with Gasteiger partial charge in [0.2, 0.25) is 0 Å². The highest BCUT2D eigenvalue weighted by Crippen LogP contribution is 2.42. The van der Waals surface area contributed by atoms with Gasteiger partial charge >= 0.3 is 11.9 Å². The number of rotatable bonds is 11. The Hall–Kier alpha value is -3.37. The predicted octanol–water partition coefficient (Wildman–Crippen LogP) is 3.56. The van der Waals surface area contributed by atoms with Gasteiger partial charge in [0.05, 0.1) is 49.4 Å². The van der Waals surface area contributed by atoms with Crippen molar-refractivity contribution in [1.29, 1.82) is 0 Å². The van der Waals surface area contributed by atoms with E-state index in [-0.39, 0.29) is 43.1 Å². The maximum absolute atomic E-state index is 15.8. The van der Waals surface area contributed by atoms with E-state index in [4.69, 9.17) is 19.3 Å². The predicted molar refractivity (Wildman–Crippen MR) is 158 cm³/mol. The summed E-state index contributed by atoms with van der Waals surface area (Å²) in [7, 11) is 1.33. The number of carbonyl (C=O) groups is 2. The van der Waals surface area contributed by atoms with Crippen molar-refractivity contribution in [1.82, 2.24) is 20.3 Å². The summed E-state index contributed by atoms with van der Waals surface area (Å²) in [5, 5.41) is 16.2. The summed E-state index contributed by atoms with van der Waals surface area (Å²) in [4.78, 5) is 41.7. The van der Waals surface area contributed by atoms with Crippen LogP contribution >= 0.6 is 11.3 Å². The van der Waals surface area contributed by atoms with Crippen LogP contribution in [0.2, 0.25) is 0 Å². The van der Waals surface area contributed by atoms with Crippen molar-refractivity contribution in [2.45, 2.75) is 57.8 Å². The van der Waals surface area contributed by atoms with Crippen LogP contribution in [0.1, 0.15) is 42.9 Å². The average Bonchev–Trinajstić information content (AvgIpc) is 3.72. The summed E-state index contributed by atoms with van der Waals surface area (Å²) >= 11 is 1.29. The number of esters is 1. The number of hydrogen-bond acceptors (Lipinski definition) is 11. The zero-order valence-electron chi connectivity index (χ0n) is 25.6. The number of likely N-dealkylation sites (tertiary alicyclic amines) is 1. The molecule has 3 aliphatic rings. The van der Waals surface area contributed by atoms with Crippen LogP contribution in [0.15, 0.2) is 46.0 Å². The first-order chi connectivity index (χ1) is 21.3. The standard InChI is InChI=1S/C30H36F3N5O6S/c1-6-43-27(39)22-19(35-25(26-34-10-11-45-26)36-23(22)17-8-7-9-18(31)16(17)2)12-37-15-30(32,33)24-20(37)14-44-38(24)13-21(42-5)29(3,4)28(40)41/h7-11,20-21,23-24H,6,12-15H2,1-5H3,(H,35,36)(H,40,41)/t20-,21-,23+,24+/m1/s1. The SMILES string of the molecule is CCOC(=O)C1=C(CN2CC(F)(F)[C@@H]3[C@H]2CON3C[C@@H](OC)C(C)(C)C(=O)O)NC(c2nccs2)=N[C@H]1c1cccc(F)c1C. The highest BCUT2D eigenvalue weighted by atomic mass is 32.1. The number of amidine groups is 1. The van der Waals surface area contributed by atoms with Gasteiger partial charge in [-0.25, -0.2) is 22.9 Å². The fraction of sp³-hybridized carbons (Fsp3) is 0.533. The van der Waals surface area contributed by atoms with Crippen LogP contribution in [0, 0.1) is 18.2 Å². The molecule has 0 bridgehead atoms. The third kappa shape index (κ3) is 6.23. The molecule has 0 amide bonds. The number of benzene rings is 1. The second-order valence-corrected chi connectivity index (χ2v) is 12.6. The van der Waals surface area contributed by atoms with Gasteiger partial charge in [-0.2, -0.15) is 5.06 Å². The number of methoxy groups -OCH3 is 1. The van der Waals surface area contributed by atoms with Crippen molar-refractivity contribution in [3.8, 4) is 0 Å². The van der Waals surface area contributed by atoms with Gasteiger partial charge in [-0.05, 0) is 44.9 Å². The second-order valence-electron chi connectivity index (χ2n) is 11.7. The Morgan fingerprint density at radius 3 is 2.73 bits per heavy atom. The molecule has 1 aromatic carbocycles. The van der Waals surface area contributed by atoms with E-state index in [1.165, 1.54) is 49.3 Å². The molecule has 2 aromatic rings. The number of carboxylic acids is 1. The summed E-state index contributed by atoms with van der Waals surface area (Å²) in [5.74, 6) is -5.26. The lowest BCUT2D eigenvalue weighted by Crippen LogP contribution is -2.51. The van der Waals surface area contributed by atoms with E-state index in [9.17, 15) is 19.1 Å². The first kappa shape index (κ1) is 33.0. The minimum atomic E-state index is -3.25. The van der Waals surface area contributed by atoms with Crippen LogP contribution in [0.3, 0.4) is 0 Å². The van der Waals surface area contributed by atoms with Crippen molar-refractivity contribution in [3.05, 3.63) is 63.0 Å². The number of hydroxylamine groups is 2. The van der Waals surface area contributed by atoms with Gasteiger partial charge in [-0.15, -0.1) is 11.3 Å². The van der Waals surface area contributed by atoms with Crippen molar-refractivity contribution in [3.63, 3.8) is 0 Å². The molecule has 0 unspecified atom stereocenters. The highest BCUT2D eigenvalue weighted by Gasteiger charge is 2.61. The maximum Gasteiger partial charge on any atom is 0.338 e. The number of aliphatic imine (C=N–C) groups is 1. The zero-order valence-corrected chi connectivity index (χ0v) is 26.4. The molecule has 2 fully saturated rings. The van der Waals surface area contributed by atoms with Crippen molar-refractivity contribution < 1.29 is 42.2 Å². The molecular weight excluding hydrogens is 615 g/mol. The van der Waals surface area contributed by atoms with E-state index in [2.05, 4.69) is 10.3 Å². The Balaban J connectivity index is 1.51. The minimum Gasteiger partial charge on any atom is -0.481 e. The van der Waals surface area contributed by atoms with Gasteiger partial charge in [0.1, 0.15) is 17.9 Å². The molecule has 0 aliphatic carbocycles. The van der Waals surface area contributed by atoms with Gasteiger partial charge in [-0.1, -0.05) is 12.1 Å². The van der Waals surface area contributed by atoms with Crippen LogP contribution in [-0.2, 0) is 23.9 Å². The molecule has 244 valence electrons. The molecule has 4 heterocycles. The molecule has 1 aromatic heterocycles. The molecule has 4 atom stereocenters. The van der Waals surface area contributed by atoms with Crippen LogP contribution in [0.25, 0.3) is 0 Å². The molecule has 15 heteroatoms. The molecule has 45 heavy (non-hydrogen) atoms. The topological polar surface area (TPSA) is 126 Å². The fourth-order valence-electron chi connectivity index (χ4n) is 6.02. The monoisotopic (exact) mass is 651 g/mol. The Morgan fingerprint density at radius 1 is 1.33 bits per heavy atom. The van der Waals surface area contributed by atoms with E-state index in [1.807, 2.05) is 0 Å². The summed E-state index contributed by atoms with van der Waals surface area (Å²) in [6.07, 6.45) is 0.648. The molecule has 0 spiro atoms. The number of aliphatic carboxylic acids is 1. The minimum absolute atomic E-state index is 0.0517. The number of halogens is 3. The van der Waals surface area contributed by atoms with E-state index in [0.717, 1.165) is 5.06 Å². The van der Waals surface area contributed by atoms with Crippen LogP contribution in [-0.4, -0.2) is 102 Å². The quantitative estimate of drug-likeness (QED) is 0.349. The third-order valence-corrected chi connectivity index (χ3v) is 9.39. The fourth-order valence-corrected chi connectivity index (χ4v) is 6.61. The molecule has 2 saturated heterocycles. The number of aromatic nitrogens is 1. The van der Waals surface area contributed by atoms with Gasteiger partial charge in [0.25, 0.3) is 5.92 Å². The summed E-state index contributed by atoms with van der Waals surface area (Å²) in [6.45, 7) is 5.14. The Kier molecular flexibility index (Phi) is 9.38. The Bertz CT molecular complexity index is 1500. The van der Waals surface area contributed by atoms with Gasteiger partial charge in [0.15, 0.2) is 10.8 Å². The van der Waals surface area contributed by atoms with E-state index >= 15 is 8.78 Å². The van der Waals surface area contributed by atoms with Crippen molar-refractivity contribution in [2.24, 2.45) is 10.4 Å². The van der Waals surface area contributed by atoms with E-state index in [1.54, 1.807) is 31.5 Å². The lowest BCUT2D eigenvalue weighted by molar-refractivity contribution is -0.205. The molecular formula is C30H36F3N5O6S. The van der Waals surface area contributed by atoms with Gasteiger partial charge < -0.3 is 19.9 Å². The van der Waals surface area contributed by atoms with Crippen LogP contribution < -0.4 is 5.32 Å². The lowest BCUT2D eigenvalue weighted by atomic mass is 9.86. The average molecular weight is 652 g/mol. The van der Waals surface area contributed by atoms with Crippen molar-refractivity contribution in [2.75, 3.05) is 40.0 Å². The number of nitrogens with one attached hydrogen (secondary N) is 1. The highest BCUT2D eigenvalue weighted by molar-refractivity contribution is 7.11. The number of carbonyl (C=O) groups excluding carboxylic acids is 1. The normalized spacial score (nSPS) is 24.3. The first-order valence-corrected chi connectivity index (χ1v) is 15.4. The summed E-state index contributed by atoms with van der Waals surface area (Å²) in [6, 6.07) is 1.30. The Morgan fingerprint density at radius 2 is 2.09 bits per heavy atom. The second kappa shape index (κ2) is 12.8. The largest absolute Gasteiger partial charge is 0.481 e. The maximum atomic E-state index is 15.8. The van der Waals surface area contributed by atoms with E-state index < -0.39 is 59.9 Å². The van der Waals surface area contributed by atoms with Crippen LogP contribution in [0.4, 0.5) is 13.2 Å². The van der Waals surface area contributed by atoms with Crippen molar-refractivity contribution >= 4 is 29.1 Å². The number of carboxylic acid groups (broad SMARTS) is 1.